The van der Waals surface area contributed by atoms with Crippen LogP contribution in [-0.4, -0.2) is 73.3 Å². The van der Waals surface area contributed by atoms with E-state index in [1.54, 1.807) is 0 Å². The van der Waals surface area contributed by atoms with Gasteiger partial charge in [-0.05, 0) is 55.8 Å². The van der Waals surface area contributed by atoms with Crippen LogP contribution in [0, 0.1) is 0 Å². The van der Waals surface area contributed by atoms with Crippen LogP contribution in [0.4, 0.5) is 11.5 Å². The van der Waals surface area contributed by atoms with E-state index in [4.69, 9.17) is 9.72 Å². The predicted molar refractivity (Wildman–Crippen MR) is 143 cm³/mol. The van der Waals surface area contributed by atoms with E-state index >= 15 is 0 Å². The molecule has 4 aromatic rings. The number of hydrogen-bond acceptors (Lipinski definition) is 6. The number of rotatable bonds is 5. The van der Waals surface area contributed by atoms with Crippen molar-refractivity contribution in [3.63, 3.8) is 0 Å². The third-order valence-electron chi connectivity index (χ3n) is 7.32. The van der Waals surface area contributed by atoms with Crippen LogP contribution in [0.2, 0.25) is 0 Å². The van der Waals surface area contributed by atoms with Crippen LogP contribution in [0.5, 0.6) is 5.75 Å². The molecule has 7 nitrogen and oxygen atoms in total. The number of nitrogens with one attached hydrogen (secondary N) is 1. The van der Waals surface area contributed by atoms with E-state index in [9.17, 15) is 0 Å². The molecule has 6 rings (SSSR count). The molecule has 0 unspecified atom stereocenters. The second-order valence-electron chi connectivity index (χ2n) is 9.55. The van der Waals surface area contributed by atoms with Crippen molar-refractivity contribution in [2.24, 2.45) is 0 Å². The molecule has 0 amide bonds. The molecule has 1 N–H and O–H groups in total. The maximum Gasteiger partial charge on any atom is 0.142 e. The van der Waals surface area contributed by atoms with Gasteiger partial charge in [-0.3, -0.25) is 0 Å². The fourth-order valence-corrected chi connectivity index (χ4v) is 5.34. The Labute approximate surface area is 206 Å². The number of ether oxygens (including phenoxy) is 1. The highest BCUT2D eigenvalue weighted by atomic mass is 16.5. The highest BCUT2D eigenvalue weighted by Crippen LogP contribution is 2.44. The van der Waals surface area contributed by atoms with Crippen LogP contribution in [0.15, 0.2) is 48.8 Å². The van der Waals surface area contributed by atoms with Crippen LogP contribution >= 0.6 is 0 Å². The molecule has 2 aliphatic heterocycles. The second-order valence-corrected chi connectivity index (χ2v) is 9.55. The summed E-state index contributed by atoms with van der Waals surface area (Å²) in [5, 5.41) is 1.03. The van der Waals surface area contributed by atoms with Gasteiger partial charge in [0.1, 0.15) is 17.2 Å². The van der Waals surface area contributed by atoms with Crippen LogP contribution in [0.25, 0.3) is 33.4 Å². The lowest BCUT2D eigenvalue weighted by Gasteiger charge is -2.33. The van der Waals surface area contributed by atoms with Gasteiger partial charge in [-0.25, -0.2) is 9.97 Å². The third kappa shape index (κ3) is 3.90. The van der Waals surface area contributed by atoms with Crippen molar-refractivity contribution in [3.05, 3.63) is 54.4 Å². The lowest BCUT2D eigenvalue weighted by molar-refractivity contribution is 0.312. The minimum Gasteiger partial charge on any atom is -0.493 e. The average molecular weight is 469 g/mol. The van der Waals surface area contributed by atoms with E-state index in [1.807, 2.05) is 25.4 Å². The maximum atomic E-state index is 6.08. The van der Waals surface area contributed by atoms with Crippen molar-refractivity contribution in [3.8, 4) is 28.1 Å². The smallest absolute Gasteiger partial charge is 0.142 e. The summed E-state index contributed by atoms with van der Waals surface area (Å²) < 4.78 is 6.08. The number of H-pyrrole nitrogens is 1. The number of nitrogens with zero attached hydrogens (tertiary/aromatic N) is 5. The van der Waals surface area contributed by atoms with Gasteiger partial charge in [0.25, 0.3) is 0 Å². The van der Waals surface area contributed by atoms with Gasteiger partial charge < -0.3 is 24.4 Å². The van der Waals surface area contributed by atoms with Crippen LogP contribution in [0.3, 0.4) is 0 Å². The minimum atomic E-state index is 0.606. The Balaban J connectivity index is 1.53. The molecular weight excluding hydrogens is 436 g/mol. The number of pyridine rings is 2. The lowest BCUT2D eigenvalue weighted by atomic mass is 9.97. The maximum absolute atomic E-state index is 6.08. The minimum absolute atomic E-state index is 0.606. The Hall–Kier alpha value is -3.58. The van der Waals surface area contributed by atoms with Gasteiger partial charge in [0.15, 0.2) is 0 Å². The number of benzene rings is 1. The first-order valence-corrected chi connectivity index (χ1v) is 12.5. The summed E-state index contributed by atoms with van der Waals surface area (Å²) in [4.78, 5) is 20.1. The Kier molecular flexibility index (Phi) is 5.57. The number of aromatic nitrogens is 3. The summed E-state index contributed by atoms with van der Waals surface area (Å²) in [7, 11) is 4.35. The van der Waals surface area contributed by atoms with Gasteiger partial charge in [-0.1, -0.05) is 12.1 Å². The Morgan fingerprint density at radius 3 is 2.57 bits per heavy atom. The van der Waals surface area contributed by atoms with Gasteiger partial charge in [0, 0.05) is 69.0 Å². The topological polar surface area (TPSA) is 60.5 Å². The fourth-order valence-electron chi connectivity index (χ4n) is 5.34. The summed E-state index contributed by atoms with van der Waals surface area (Å²) in [5.74, 6) is 1.88. The molecule has 0 saturated carbocycles. The highest BCUT2D eigenvalue weighted by molar-refractivity contribution is 6.06. The number of likely N-dealkylation sites (N-methyl/N-ethyl adjacent to an activating group) is 2. The number of anilines is 2. The monoisotopic (exact) mass is 468 g/mol. The predicted octanol–water partition coefficient (Wildman–Crippen LogP) is 4.43. The fraction of sp³-hybridized carbons (Fsp3) is 0.357. The van der Waals surface area contributed by atoms with Crippen LogP contribution in [-0.2, 0) is 6.42 Å². The number of aromatic amines is 1. The summed E-state index contributed by atoms with van der Waals surface area (Å²) in [6.07, 6.45) is 4.83. The molecular formula is C28H32N6O. The largest absolute Gasteiger partial charge is 0.493 e. The summed E-state index contributed by atoms with van der Waals surface area (Å²) in [6.45, 7) is 7.76. The van der Waals surface area contributed by atoms with Crippen molar-refractivity contribution in [1.82, 2.24) is 19.9 Å². The molecule has 1 aromatic carbocycles. The number of hydrogen-bond donors (Lipinski definition) is 1. The molecule has 180 valence electrons. The van der Waals surface area contributed by atoms with Gasteiger partial charge in [-0.15, -0.1) is 0 Å². The zero-order valence-corrected chi connectivity index (χ0v) is 20.7. The van der Waals surface area contributed by atoms with Gasteiger partial charge >= 0.3 is 0 Å². The van der Waals surface area contributed by atoms with Crippen molar-refractivity contribution >= 4 is 22.5 Å². The first kappa shape index (κ1) is 21.9. The van der Waals surface area contributed by atoms with E-state index in [-0.39, 0.29) is 0 Å². The summed E-state index contributed by atoms with van der Waals surface area (Å²) >= 11 is 0. The molecule has 0 aliphatic carbocycles. The summed E-state index contributed by atoms with van der Waals surface area (Å²) in [5.41, 5.74) is 8.02. The zero-order chi connectivity index (χ0) is 23.9. The highest BCUT2D eigenvalue weighted by Gasteiger charge is 2.23. The average Bonchev–Trinajstić information content (AvgIpc) is 3.46. The Bertz CT molecular complexity index is 1370. The number of piperazine rings is 1. The first-order valence-electron chi connectivity index (χ1n) is 12.5. The molecule has 0 atom stereocenters. The first-order chi connectivity index (χ1) is 17.1. The standard InChI is InChI=1S/C28H32N6O/c1-4-35-23-8-11-30-28-26(23)25(20-6-5-19-9-12-33(3)22(19)17-20)27(31-28)21-7-10-29-24(18-21)34-15-13-32(2)14-16-34/h5-8,10-11,17-18H,4,9,12-16H2,1-3H3,(H,30,31). The molecule has 1 saturated heterocycles. The third-order valence-corrected chi connectivity index (χ3v) is 7.32. The van der Waals surface area contributed by atoms with Gasteiger partial charge in [0.05, 0.1) is 17.7 Å². The van der Waals surface area contributed by atoms with E-state index in [0.717, 1.165) is 78.6 Å². The molecule has 5 heterocycles. The van der Waals surface area contributed by atoms with Crippen molar-refractivity contribution in [1.29, 1.82) is 0 Å². The Morgan fingerprint density at radius 1 is 0.914 bits per heavy atom. The molecule has 2 aliphatic rings. The van der Waals surface area contributed by atoms with Crippen LogP contribution in [0.1, 0.15) is 12.5 Å². The second kappa shape index (κ2) is 8.89. The molecule has 3 aromatic heterocycles. The number of fused-ring (bicyclic) bond motifs is 2. The van der Waals surface area contributed by atoms with E-state index in [1.165, 1.54) is 16.8 Å². The molecule has 35 heavy (non-hydrogen) atoms. The lowest BCUT2D eigenvalue weighted by Crippen LogP contribution is -2.44. The normalized spacial score (nSPS) is 16.2. The van der Waals surface area contributed by atoms with Crippen molar-refractivity contribution in [2.75, 3.05) is 63.2 Å². The molecule has 7 heteroatoms. The molecule has 0 spiro atoms. The van der Waals surface area contributed by atoms with Gasteiger partial charge in [0.2, 0.25) is 0 Å². The molecule has 0 bridgehead atoms. The van der Waals surface area contributed by atoms with E-state index in [0.29, 0.717) is 6.61 Å². The molecule has 0 radical (unpaired) electrons. The quantitative estimate of drug-likeness (QED) is 0.468. The van der Waals surface area contributed by atoms with Gasteiger partial charge in [-0.2, -0.15) is 0 Å². The van der Waals surface area contributed by atoms with E-state index in [2.05, 4.69) is 69.1 Å². The SMILES string of the molecule is CCOc1ccnc2[nH]c(-c3ccnc(N4CCN(C)CC4)c3)c(-c3ccc4c(c3)N(C)CC4)c12. The zero-order valence-electron chi connectivity index (χ0n) is 20.7. The van der Waals surface area contributed by atoms with Crippen molar-refractivity contribution < 1.29 is 4.74 Å². The summed E-state index contributed by atoms with van der Waals surface area (Å²) in [6, 6.07) is 13.1. The van der Waals surface area contributed by atoms with E-state index < -0.39 is 0 Å². The van der Waals surface area contributed by atoms with Crippen LogP contribution < -0.4 is 14.5 Å². The van der Waals surface area contributed by atoms with Crippen molar-refractivity contribution in [2.45, 2.75) is 13.3 Å². The Morgan fingerprint density at radius 2 is 1.74 bits per heavy atom. The molecule has 1 fully saturated rings.